The summed E-state index contributed by atoms with van der Waals surface area (Å²) in [7, 11) is 2.37. The normalized spacial score (nSPS) is 39.9. The van der Waals surface area contributed by atoms with Crippen LogP contribution in [0.2, 0.25) is 0 Å². The Labute approximate surface area is 324 Å². The minimum atomic E-state index is -2.04. The first-order valence-corrected chi connectivity index (χ1v) is 19.4. The third kappa shape index (κ3) is 5.29. The number of fused-ring (bicyclic) bond motifs is 5. The summed E-state index contributed by atoms with van der Waals surface area (Å²) in [4.78, 5) is 98.7. The fourth-order valence-corrected chi connectivity index (χ4v) is 11.9. The Morgan fingerprint density at radius 2 is 1.62 bits per heavy atom. The van der Waals surface area contributed by atoms with E-state index in [0.29, 0.717) is 31.3 Å². The molecule has 10 unspecified atom stereocenters. The first-order valence-electron chi connectivity index (χ1n) is 19.4. The van der Waals surface area contributed by atoms with Gasteiger partial charge in [0.15, 0.2) is 17.2 Å². The number of allylic oxidation sites excluding steroid dienone is 6. The van der Waals surface area contributed by atoms with Crippen LogP contribution < -0.4 is 0 Å². The Kier molecular flexibility index (Phi) is 10.5. The number of rotatable bonds is 10. The molecule has 1 heterocycles. The molecule has 5 rings (SSSR count). The van der Waals surface area contributed by atoms with Crippen molar-refractivity contribution >= 4 is 41.5 Å². The van der Waals surface area contributed by atoms with Crippen molar-refractivity contribution in [2.24, 2.45) is 50.2 Å². The smallest absolute Gasteiger partial charge is 0.345 e. The number of hydrogen-bond acceptors (Lipinski definition) is 11. The summed E-state index contributed by atoms with van der Waals surface area (Å²) in [5, 5.41) is 0. The molecule has 1 aliphatic heterocycles. The molecule has 11 nitrogen and oxygen atoms in total. The van der Waals surface area contributed by atoms with Crippen molar-refractivity contribution in [1.29, 1.82) is 0 Å². The second-order valence-electron chi connectivity index (χ2n) is 17.9. The lowest BCUT2D eigenvalue weighted by Gasteiger charge is -2.67. The molecule has 0 aromatic heterocycles. The molecule has 0 bridgehead atoms. The lowest BCUT2D eigenvalue weighted by Crippen LogP contribution is -2.70. The van der Waals surface area contributed by atoms with Crippen molar-refractivity contribution in [3.8, 4) is 0 Å². The van der Waals surface area contributed by atoms with E-state index in [1.165, 1.54) is 21.0 Å². The highest BCUT2D eigenvalue weighted by atomic mass is 16.5. The van der Waals surface area contributed by atoms with Crippen molar-refractivity contribution in [1.82, 2.24) is 0 Å². The fraction of sp³-hybridized carbons (Fsp3) is 0.659. The zero-order valence-electron chi connectivity index (χ0n) is 34.5. The predicted molar refractivity (Wildman–Crippen MR) is 202 cm³/mol. The second-order valence-corrected chi connectivity index (χ2v) is 17.9. The van der Waals surface area contributed by atoms with Crippen LogP contribution in [-0.2, 0) is 52.5 Å². The van der Waals surface area contributed by atoms with Crippen molar-refractivity contribution < 1.29 is 52.5 Å². The van der Waals surface area contributed by atoms with Gasteiger partial charge in [-0.05, 0) is 89.0 Å². The minimum Gasteiger partial charge on any atom is -0.479 e. The molecule has 0 amide bonds. The molecule has 3 fully saturated rings. The molecule has 3 saturated carbocycles. The quantitative estimate of drug-likeness (QED) is 0.0451. The van der Waals surface area contributed by atoms with Gasteiger partial charge in [0.05, 0.1) is 25.0 Å². The lowest BCUT2D eigenvalue weighted by molar-refractivity contribution is -0.217. The number of ketones is 3. The van der Waals surface area contributed by atoms with Crippen molar-refractivity contribution in [3.63, 3.8) is 0 Å². The van der Waals surface area contributed by atoms with E-state index in [0.717, 1.165) is 19.8 Å². The standard InChI is InChI=1S/C44H58O11/c1-13-14-15-16-19-40(8)33(47)32(34(48)52-11)28(55-40)22-25(2)41(9)35(49)42(10)26(3)23-30-39(7,44(42,36(41)50)37(51)53-12)20-17-29-38(5,6)31(54-27(4)46)18-21-43(29,30)24-45/h14-16,19,23-25,29-31H,13,17-18,20-22H2,1-12H3. The number of ether oxygens (including phenoxy) is 4. The summed E-state index contributed by atoms with van der Waals surface area (Å²) < 4.78 is 22.6. The molecular formula is C44H58O11. The average molecular weight is 763 g/mol. The van der Waals surface area contributed by atoms with Crippen LogP contribution in [0, 0.1) is 50.2 Å². The summed E-state index contributed by atoms with van der Waals surface area (Å²) in [5.74, 6) is -5.64. The Morgan fingerprint density at radius 3 is 2.18 bits per heavy atom. The van der Waals surface area contributed by atoms with Gasteiger partial charge in [-0.1, -0.05) is 64.5 Å². The molecule has 0 radical (unpaired) electrons. The third-order valence-corrected chi connectivity index (χ3v) is 15.1. The highest BCUT2D eigenvalue weighted by Gasteiger charge is 2.86. The monoisotopic (exact) mass is 762 g/mol. The average Bonchev–Trinajstić information content (AvgIpc) is 3.46. The van der Waals surface area contributed by atoms with E-state index >= 15 is 9.59 Å². The van der Waals surface area contributed by atoms with Gasteiger partial charge >= 0.3 is 17.9 Å². The van der Waals surface area contributed by atoms with E-state index in [1.807, 2.05) is 39.8 Å². The Hall–Kier alpha value is -4.15. The second kappa shape index (κ2) is 13.8. The van der Waals surface area contributed by atoms with E-state index in [4.69, 9.17) is 18.9 Å². The molecule has 0 aromatic carbocycles. The van der Waals surface area contributed by atoms with Crippen LogP contribution >= 0.6 is 0 Å². The van der Waals surface area contributed by atoms with E-state index in [1.54, 1.807) is 45.9 Å². The molecular weight excluding hydrogens is 704 g/mol. The van der Waals surface area contributed by atoms with Gasteiger partial charge in [-0.15, -0.1) is 0 Å². The summed E-state index contributed by atoms with van der Waals surface area (Å²) in [5.41, 5.74) is -9.80. The molecule has 300 valence electrons. The lowest BCUT2D eigenvalue weighted by atomic mass is 9.33. The molecule has 0 aromatic rings. The van der Waals surface area contributed by atoms with Crippen LogP contribution in [0.25, 0.3) is 0 Å². The summed E-state index contributed by atoms with van der Waals surface area (Å²) >= 11 is 0. The fourth-order valence-electron chi connectivity index (χ4n) is 11.9. The first kappa shape index (κ1) is 42.0. The van der Waals surface area contributed by atoms with Crippen LogP contribution in [0.5, 0.6) is 0 Å². The van der Waals surface area contributed by atoms with Crippen LogP contribution in [0.3, 0.4) is 0 Å². The van der Waals surface area contributed by atoms with Gasteiger partial charge in [0.25, 0.3) is 0 Å². The van der Waals surface area contributed by atoms with E-state index in [9.17, 15) is 24.0 Å². The molecule has 0 spiro atoms. The van der Waals surface area contributed by atoms with Gasteiger partial charge in [0, 0.05) is 24.2 Å². The van der Waals surface area contributed by atoms with Crippen LogP contribution in [0.4, 0.5) is 0 Å². The zero-order valence-corrected chi connectivity index (χ0v) is 34.5. The van der Waals surface area contributed by atoms with Crippen molar-refractivity contribution in [3.05, 3.63) is 47.3 Å². The maximum absolute atomic E-state index is 15.8. The highest BCUT2D eigenvalue weighted by molar-refractivity contribution is 6.28. The van der Waals surface area contributed by atoms with Crippen molar-refractivity contribution in [2.75, 3.05) is 14.2 Å². The van der Waals surface area contributed by atoms with E-state index in [-0.39, 0.29) is 23.7 Å². The van der Waals surface area contributed by atoms with Crippen LogP contribution in [-0.4, -0.2) is 67.5 Å². The molecule has 0 N–H and O–H groups in total. The Balaban J connectivity index is 1.66. The summed E-state index contributed by atoms with van der Waals surface area (Å²) in [6.07, 6.45) is 11.5. The van der Waals surface area contributed by atoms with Crippen molar-refractivity contribution in [2.45, 2.75) is 119 Å². The van der Waals surface area contributed by atoms with Crippen LogP contribution in [0.15, 0.2) is 47.3 Å². The molecule has 0 saturated heterocycles. The molecule has 5 aliphatic rings. The Morgan fingerprint density at radius 1 is 0.964 bits per heavy atom. The van der Waals surface area contributed by atoms with Gasteiger partial charge in [-0.3, -0.25) is 24.0 Å². The van der Waals surface area contributed by atoms with Gasteiger partial charge in [0.2, 0.25) is 5.78 Å². The van der Waals surface area contributed by atoms with Gasteiger partial charge in [-0.2, -0.15) is 0 Å². The molecule has 55 heavy (non-hydrogen) atoms. The zero-order chi connectivity index (χ0) is 41.3. The maximum atomic E-state index is 15.8. The molecule has 4 aliphatic carbocycles. The van der Waals surface area contributed by atoms with E-state index in [2.05, 4.69) is 0 Å². The number of hydrogen-bond donors (Lipinski definition) is 0. The predicted octanol–water partition coefficient (Wildman–Crippen LogP) is 6.57. The minimum absolute atomic E-state index is 0.00604. The summed E-state index contributed by atoms with van der Waals surface area (Å²) in [6, 6.07) is 0. The maximum Gasteiger partial charge on any atom is 0.345 e. The highest BCUT2D eigenvalue weighted by Crippen LogP contribution is 2.78. The molecule has 10 atom stereocenters. The van der Waals surface area contributed by atoms with Gasteiger partial charge < -0.3 is 23.7 Å². The number of esters is 3. The largest absolute Gasteiger partial charge is 0.479 e. The topological polar surface area (TPSA) is 156 Å². The SMILES string of the molecule is CCC=CC=CC1(C)OC(CC(C)C2(C)C(=O)C3(C)C(C)=CC4C5(C=O)CCC(OC(C)=O)C(C)(C)C5CCC4(C)C3(C(=O)OC)C2=O)=C(C(=O)OC)C1=O. The van der Waals surface area contributed by atoms with Gasteiger partial charge in [0.1, 0.15) is 29.1 Å². The number of aldehydes is 1. The molecule has 11 heteroatoms. The first-order chi connectivity index (χ1) is 25.5. The van der Waals surface area contributed by atoms with Crippen LogP contribution in [0.1, 0.15) is 108 Å². The van der Waals surface area contributed by atoms with Gasteiger partial charge in [-0.25, -0.2) is 4.79 Å². The Bertz CT molecular complexity index is 1850. The number of methoxy groups -OCH3 is 2. The number of Topliss-reactive ketones (excluding diaryl/α,β-unsaturated/α-hetero) is 3. The number of carbonyl (C=O) groups excluding carboxylic acids is 7. The number of carbonyl (C=O) groups is 7. The third-order valence-electron chi connectivity index (χ3n) is 15.1. The summed E-state index contributed by atoms with van der Waals surface area (Å²) in [6.45, 7) is 17.4. The van der Waals surface area contributed by atoms with E-state index < -0.39 is 91.3 Å².